The normalized spacial score (nSPS) is 14.4. The maximum Gasteiger partial charge on any atom is 0.244 e. The number of rotatable bonds is 4. The van der Waals surface area contributed by atoms with Crippen molar-refractivity contribution in [2.45, 2.75) is 32.9 Å². The van der Waals surface area contributed by atoms with Crippen molar-refractivity contribution in [2.75, 3.05) is 13.6 Å². The molecule has 0 bridgehead atoms. The molecule has 5 heteroatoms. The first-order chi connectivity index (χ1) is 6.34. The fourth-order valence-corrected chi connectivity index (χ4v) is 1.18. The van der Waals surface area contributed by atoms with Crippen LogP contribution in [0.25, 0.3) is 0 Å². The predicted molar refractivity (Wildman–Crippen MR) is 52.6 cm³/mol. The fourth-order valence-electron chi connectivity index (χ4n) is 1.18. The minimum Gasteiger partial charge on any atom is -0.392 e. The molecule has 0 radical (unpaired) electrons. The number of nitrogens with one attached hydrogen (secondary N) is 1. The Kier molecular flexibility index (Phi) is 5.15. The van der Waals surface area contributed by atoms with Gasteiger partial charge in [-0.2, -0.15) is 0 Å². The SMILES string of the molecule is CC(=O)NC(C)C(=O)N(C)CC(C)O. The number of hydrogen-bond acceptors (Lipinski definition) is 3. The van der Waals surface area contributed by atoms with Crippen LogP contribution < -0.4 is 5.32 Å². The van der Waals surface area contributed by atoms with Crippen LogP contribution in [0, 0.1) is 0 Å². The lowest BCUT2D eigenvalue weighted by Crippen LogP contribution is -2.46. The van der Waals surface area contributed by atoms with E-state index >= 15 is 0 Å². The molecule has 0 saturated heterocycles. The highest BCUT2D eigenvalue weighted by Gasteiger charge is 2.18. The van der Waals surface area contributed by atoms with E-state index in [1.54, 1.807) is 20.9 Å². The Balaban J connectivity index is 4.10. The van der Waals surface area contributed by atoms with Gasteiger partial charge in [0.15, 0.2) is 0 Å². The van der Waals surface area contributed by atoms with Gasteiger partial charge in [0, 0.05) is 20.5 Å². The molecular formula is C9H18N2O3. The van der Waals surface area contributed by atoms with Gasteiger partial charge in [-0.3, -0.25) is 9.59 Å². The summed E-state index contributed by atoms with van der Waals surface area (Å²) in [5, 5.41) is 11.5. The zero-order valence-corrected chi connectivity index (χ0v) is 9.07. The van der Waals surface area contributed by atoms with Gasteiger partial charge in [-0.25, -0.2) is 0 Å². The van der Waals surface area contributed by atoms with E-state index < -0.39 is 12.1 Å². The number of aliphatic hydroxyl groups excluding tert-OH is 1. The lowest BCUT2D eigenvalue weighted by atomic mass is 10.2. The second-order valence-electron chi connectivity index (χ2n) is 3.49. The van der Waals surface area contributed by atoms with Gasteiger partial charge in [-0.05, 0) is 13.8 Å². The van der Waals surface area contributed by atoms with E-state index in [2.05, 4.69) is 5.32 Å². The smallest absolute Gasteiger partial charge is 0.244 e. The van der Waals surface area contributed by atoms with Crippen LogP contribution in [-0.4, -0.2) is 47.6 Å². The Morgan fingerprint density at radius 3 is 2.29 bits per heavy atom. The average molecular weight is 202 g/mol. The summed E-state index contributed by atoms with van der Waals surface area (Å²) in [4.78, 5) is 23.6. The molecule has 2 amide bonds. The van der Waals surface area contributed by atoms with Crippen LogP contribution >= 0.6 is 0 Å². The molecule has 0 saturated carbocycles. The predicted octanol–water partition coefficient (Wildman–Crippen LogP) is -0.650. The van der Waals surface area contributed by atoms with Crippen LogP contribution in [0.1, 0.15) is 20.8 Å². The number of carbonyl (C=O) groups is 2. The van der Waals surface area contributed by atoms with Gasteiger partial charge >= 0.3 is 0 Å². The second-order valence-corrected chi connectivity index (χ2v) is 3.49. The monoisotopic (exact) mass is 202 g/mol. The summed E-state index contributed by atoms with van der Waals surface area (Å²) in [6.07, 6.45) is -0.562. The molecule has 0 fully saturated rings. The molecule has 82 valence electrons. The van der Waals surface area contributed by atoms with Crippen molar-refractivity contribution in [3.63, 3.8) is 0 Å². The topological polar surface area (TPSA) is 69.6 Å². The lowest BCUT2D eigenvalue weighted by Gasteiger charge is -2.22. The molecule has 0 aliphatic carbocycles. The summed E-state index contributed by atoms with van der Waals surface area (Å²) in [6, 6.07) is -0.545. The molecule has 0 aliphatic heterocycles. The average Bonchev–Trinajstić information content (AvgIpc) is 2.00. The lowest BCUT2D eigenvalue weighted by molar-refractivity contribution is -0.135. The molecule has 5 nitrogen and oxygen atoms in total. The van der Waals surface area contributed by atoms with Crippen LogP contribution in [0.3, 0.4) is 0 Å². The highest BCUT2D eigenvalue weighted by atomic mass is 16.3. The molecule has 0 aliphatic rings. The van der Waals surface area contributed by atoms with E-state index in [1.807, 2.05) is 0 Å². The molecule has 2 N–H and O–H groups in total. The number of likely N-dealkylation sites (N-methyl/N-ethyl adjacent to an activating group) is 1. The Hall–Kier alpha value is -1.10. The maximum atomic E-state index is 11.5. The van der Waals surface area contributed by atoms with Crippen LogP contribution in [0.5, 0.6) is 0 Å². The highest BCUT2D eigenvalue weighted by Crippen LogP contribution is 1.94. The number of carbonyl (C=O) groups excluding carboxylic acids is 2. The summed E-state index contributed by atoms with van der Waals surface area (Å²) < 4.78 is 0. The molecular weight excluding hydrogens is 184 g/mol. The Labute approximate surface area is 84.1 Å². The fraction of sp³-hybridized carbons (Fsp3) is 0.778. The Morgan fingerprint density at radius 2 is 1.93 bits per heavy atom. The summed E-state index contributed by atoms with van der Waals surface area (Å²) >= 11 is 0. The molecule has 0 aromatic carbocycles. The van der Waals surface area contributed by atoms with E-state index in [0.29, 0.717) is 0 Å². The summed E-state index contributed by atoms with van der Waals surface area (Å²) in [6.45, 7) is 4.84. The summed E-state index contributed by atoms with van der Waals surface area (Å²) in [5.74, 6) is -0.447. The van der Waals surface area contributed by atoms with Gasteiger partial charge < -0.3 is 15.3 Å². The van der Waals surface area contributed by atoms with Gasteiger partial charge in [0.05, 0.1) is 6.10 Å². The third-order valence-electron chi connectivity index (χ3n) is 1.70. The standard InChI is InChI=1S/C9H18N2O3/c1-6(12)5-11(4)9(14)7(2)10-8(3)13/h6-7,12H,5H2,1-4H3,(H,10,13). The van der Waals surface area contributed by atoms with E-state index in [-0.39, 0.29) is 18.4 Å². The first kappa shape index (κ1) is 12.9. The van der Waals surface area contributed by atoms with Gasteiger partial charge in [-0.1, -0.05) is 0 Å². The highest BCUT2D eigenvalue weighted by molar-refractivity contribution is 5.86. The molecule has 0 rings (SSSR count). The van der Waals surface area contributed by atoms with Crippen molar-refractivity contribution in [1.82, 2.24) is 10.2 Å². The molecule has 0 heterocycles. The van der Waals surface area contributed by atoms with Crippen molar-refractivity contribution in [3.05, 3.63) is 0 Å². The van der Waals surface area contributed by atoms with Crippen molar-refractivity contribution in [2.24, 2.45) is 0 Å². The van der Waals surface area contributed by atoms with Crippen molar-refractivity contribution < 1.29 is 14.7 Å². The molecule has 2 atom stereocenters. The summed E-state index contributed by atoms with van der Waals surface area (Å²) in [5.41, 5.74) is 0. The van der Waals surface area contributed by atoms with E-state index in [9.17, 15) is 9.59 Å². The number of amides is 2. The third kappa shape index (κ3) is 4.81. The molecule has 0 aromatic heterocycles. The maximum absolute atomic E-state index is 11.5. The zero-order chi connectivity index (χ0) is 11.3. The number of nitrogens with zero attached hydrogens (tertiary/aromatic N) is 1. The van der Waals surface area contributed by atoms with Crippen molar-refractivity contribution >= 4 is 11.8 Å². The Morgan fingerprint density at radius 1 is 1.43 bits per heavy atom. The van der Waals surface area contributed by atoms with Gasteiger partial charge in [0.25, 0.3) is 0 Å². The Bertz CT molecular complexity index is 216. The van der Waals surface area contributed by atoms with E-state index in [4.69, 9.17) is 5.11 Å². The van der Waals surface area contributed by atoms with Crippen LogP contribution in [-0.2, 0) is 9.59 Å². The largest absolute Gasteiger partial charge is 0.392 e. The number of aliphatic hydroxyl groups is 1. The van der Waals surface area contributed by atoms with Gasteiger partial charge in [-0.15, -0.1) is 0 Å². The van der Waals surface area contributed by atoms with Gasteiger partial charge in [0.1, 0.15) is 6.04 Å². The van der Waals surface area contributed by atoms with Crippen molar-refractivity contribution in [3.8, 4) is 0 Å². The first-order valence-electron chi connectivity index (χ1n) is 4.54. The van der Waals surface area contributed by atoms with Gasteiger partial charge in [0.2, 0.25) is 11.8 Å². The van der Waals surface area contributed by atoms with E-state index in [0.717, 1.165) is 0 Å². The molecule has 0 aromatic rings. The second kappa shape index (κ2) is 5.59. The molecule has 2 unspecified atom stereocenters. The van der Waals surface area contributed by atoms with Crippen LogP contribution in [0.2, 0.25) is 0 Å². The third-order valence-corrected chi connectivity index (χ3v) is 1.70. The molecule has 14 heavy (non-hydrogen) atoms. The van der Waals surface area contributed by atoms with Crippen LogP contribution in [0.4, 0.5) is 0 Å². The zero-order valence-electron chi connectivity index (χ0n) is 9.07. The first-order valence-corrected chi connectivity index (χ1v) is 4.54. The minimum atomic E-state index is -0.562. The summed E-state index contributed by atoms with van der Waals surface area (Å²) in [7, 11) is 1.59. The van der Waals surface area contributed by atoms with E-state index in [1.165, 1.54) is 11.8 Å². The van der Waals surface area contributed by atoms with Crippen molar-refractivity contribution in [1.29, 1.82) is 0 Å². The number of hydrogen-bond donors (Lipinski definition) is 2. The minimum absolute atomic E-state index is 0.207. The molecule has 0 spiro atoms. The quantitative estimate of drug-likeness (QED) is 0.636. The van der Waals surface area contributed by atoms with Crippen LogP contribution in [0.15, 0.2) is 0 Å².